The number of aryl methyl sites for hydroxylation is 1. The summed E-state index contributed by atoms with van der Waals surface area (Å²) in [4.78, 5) is 11.8. The SMILES string of the molecule is CO[C@@H](CNC(=O)C(C)(C)C)c1ccccc1C. The lowest BCUT2D eigenvalue weighted by atomic mass is 9.95. The maximum Gasteiger partial charge on any atom is 0.225 e. The fraction of sp³-hybridized carbons (Fsp3) is 0.533. The first-order valence-corrected chi connectivity index (χ1v) is 6.23. The lowest BCUT2D eigenvalue weighted by Gasteiger charge is -2.22. The zero-order valence-corrected chi connectivity index (χ0v) is 11.9. The zero-order valence-electron chi connectivity index (χ0n) is 11.9. The molecule has 0 bridgehead atoms. The minimum Gasteiger partial charge on any atom is -0.375 e. The van der Waals surface area contributed by atoms with Crippen LogP contribution in [0.3, 0.4) is 0 Å². The number of hydrogen-bond acceptors (Lipinski definition) is 2. The second-order valence-electron chi connectivity index (χ2n) is 5.54. The lowest BCUT2D eigenvalue weighted by molar-refractivity contribution is -0.129. The zero-order chi connectivity index (χ0) is 13.8. The Morgan fingerprint density at radius 1 is 1.33 bits per heavy atom. The van der Waals surface area contributed by atoms with Crippen LogP contribution in [0.15, 0.2) is 24.3 Å². The van der Waals surface area contributed by atoms with Crippen molar-refractivity contribution < 1.29 is 9.53 Å². The number of carbonyl (C=O) groups excluding carboxylic acids is 1. The van der Waals surface area contributed by atoms with Gasteiger partial charge in [-0.05, 0) is 18.1 Å². The quantitative estimate of drug-likeness (QED) is 0.891. The number of hydrogen-bond donors (Lipinski definition) is 1. The Hall–Kier alpha value is -1.35. The molecule has 0 radical (unpaired) electrons. The van der Waals surface area contributed by atoms with Crippen LogP contribution in [0.4, 0.5) is 0 Å². The van der Waals surface area contributed by atoms with Gasteiger partial charge in [0.25, 0.3) is 0 Å². The standard InChI is InChI=1S/C15H23NO2/c1-11-8-6-7-9-12(11)13(18-5)10-16-14(17)15(2,3)4/h6-9,13H,10H2,1-5H3,(H,16,17)/t13-/m0/s1. The first-order valence-electron chi connectivity index (χ1n) is 6.23. The van der Waals surface area contributed by atoms with Crippen molar-refractivity contribution in [2.24, 2.45) is 5.41 Å². The highest BCUT2D eigenvalue weighted by Gasteiger charge is 2.22. The average Bonchev–Trinajstić information content (AvgIpc) is 2.30. The summed E-state index contributed by atoms with van der Waals surface area (Å²) in [6.45, 7) is 8.25. The third-order valence-electron chi connectivity index (χ3n) is 2.95. The van der Waals surface area contributed by atoms with Crippen LogP contribution in [-0.2, 0) is 9.53 Å². The van der Waals surface area contributed by atoms with Gasteiger partial charge in [0, 0.05) is 19.1 Å². The van der Waals surface area contributed by atoms with E-state index < -0.39 is 0 Å². The number of benzene rings is 1. The number of amides is 1. The van der Waals surface area contributed by atoms with Gasteiger partial charge in [-0.15, -0.1) is 0 Å². The molecule has 0 fully saturated rings. The number of carbonyl (C=O) groups is 1. The van der Waals surface area contributed by atoms with Crippen LogP contribution in [0.25, 0.3) is 0 Å². The van der Waals surface area contributed by atoms with E-state index in [0.29, 0.717) is 6.54 Å². The van der Waals surface area contributed by atoms with Crippen LogP contribution >= 0.6 is 0 Å². The lowest BCUT2D eigenvalue weighted by Crippen LogP contribution is -2.37. The van der Waals surface area contributed by atoms with Gasteiger partial charge in [0.1, 0.15) is 0 Å². The Morgan fingerprint density at radius 3 is 2.44 bits per heavy atom. The molecular formula is C15H23NO2. The van der Waals surface area contributed by atoms with Gasteiger partial charge in [-0.1, -0.05) is 45.0 Å². The van der Waals surface area contributed by atoms with Gasteiger partial charge < -0.3 is 10.1 Å². The molecule has 1 amide bonds. The van der Waals surface area contributed by atoms with Crippen LogP contribution in [0.5, 0.6) is 0 Å². The first-order chi connectivity index (χ1) is 8.36. The number of rotatable bonds is 4. The van der Waals surface area contributed by atoms with Crippen molar-refractivity contribution in [1.29, 1.82) is 0 Å². The smallest absolute Gasteiger partial charge is 0.225 e. The van der Waals surface area contributed by atoms with E-state index in [4.69, 9.17) is 4.74 Å². The molecule has 0 heterocycles. The monoisotopic (exact) mass is 249 g/mol. The Bertz CT molecular complexity index is 407. The Morgan fingerprint density at radius 2 is 1.94 bits per heavy atom. The fourth-order valence-corrected chi connectivity index (χ4v) is 1.72. The number of nitrogens with one attached hydrogen (secondary N) is 1. The minimum absolute atomic E-state index is 0.0399. The molecule has 0 aliphatic carbocycles. The molecule has 0 saturated carbocycles. The molecule has 1 aromatic carbocycles. The summed E-state index contributed by atoms with van der Waals surface area (Å²) in [5.74, 6) is 0.0399. The Balaban J connectivity index is 2.70. The van der Waals surface area contributed by atoms with Crippen LogP contribution < -0.4 is 5.32 Å². The van der Waals surface area contributed by atoms with E-state index in [1.807, 2.05) is 52.0 Å². The molecule has 0 aliphatic rings. The summed E-state index contributed by atoms with van der Waals surface area (Å²) >= 11 is 0. The van der Waals surface area contributed by atoms with E-state index in [9.17, 15) is 4.79 Å². The van der Waals surface area contributed by atoms with Crippen molar-refractivity contribution in [3.63, 3.8) is 0 Å². The van der Waals surface area contributed by atoms with E-state index in [1.54, 1.807) is 7.11 Å². The highest BCUT2D eigenvalue weighted by Crippen LogP contribution is 2.20. The van der Waals surface area contributed by atoms with E-state index in [-0.39, 0.29) is 17.4 Å². The molecule has 0 saturated heterocycles. The summed E-state index contributed by atoms with van der Waals surface area (Å²) in [7, 11) is 1.67. The van der Waals surface area contributed by atoms with Crippen molar-refractivity contribution in [3.8, 4) is 0 Å². The topological polar surface area (TPSA) is 38.3 Å². The highest BCUT2D eigenvalue weighted by molar-refractivity contribution is 5.81. The summed E-state index contributed by atoms with van der Waals surface area (Å²) in [5.41, 5.74) is 1.92. The molecule has 100 valence electrons. The van der Waals surface area contributed by atoms with Gasteiger partial charge in [-0.25, -0.2) is 0 Å². The largest absolute Gasteiger partial charge is 0.375 e. The van der Waals surface area contributed by atoms with Crippen molar-refractivity contribution in [1.82, 2.24) is 5.32 Å². The van der Waals surface area contributed by atoms with Crippen molar-refractivity contribution in [2.75, 3.05) is 13.7 Å². The molecule has 1 atom stereocenters. The molecule has 3 heteroatoms. The summed E-state index contributed by atoms with van der Waals surface area (Å²) in [5, 5.41) is 2.94. The third kappa shape index (κ3) is 3.84. The second kappa shape index (κ2) is 6.01. The molecule has 0 aliphatic heterocycles. The summed E-state index contributed by atoms with van der Waals surface area (Å²) in [6, 6.07) is 8.07. The van der Waals surface area contributed by atoms with E-state index in [1.165, 1.54) is 5.56 Å². The molecule has 18 heavy (non-hydrogen) atoms. The maximum absolute atomic E-state index is 11.8. The van der Waals surface area contributed by atoms with Crippen molar-refractivity contribution >= 4 is 5.91 Å². The third-order valence-corrected chi connectivity index (χ3v) is 2.95. The number of methoxy groups -OCH3 is 1. The van der Waals surface area contributed by atoms with Gasteiger partial charge >= 0.3 is 0 Å². The molecular weight excluding hydrogens is 226 g/mol. The van der Waals surface area contributed by atoms with Gasteiger partial charge in [0.05, 0.1) is 6.10 Å². The fourth-order valence-electron chi connectivity index (χ4n) is 1.72. The van der Waals surface area contributed by atoms with Gasteiger partial charge in [0.2, 0.25) is 5.91 Å². The van der Waals surface area contributed by atoms with E-state index in [0.717, 1.165) is 5.56 Å². The van der Waals surface area contributed by atoms with Crippen LogP contribution in [0.2, 0.25) is 0 Å². The molecule has 0 unspecified atom stereocenters. The van der Waals surface area contributed by atoms with Crippen LogP contribution in [0.1, 0.15) is 38.0 Å². The van der Waals surface area contributed by atoms with Gasteiger partial charge in [0.15, 0.2) is 0 Å². The number of ether oxygens (including phenoxy) is 1. The molecule has 0 spiro atoms. The minimum atomic E-state index is -0.371. The molecule has 1 N–H and O–H groups in total. The van der Waals surface area contributed by atoms with Crippen LogP contribution in [0, 0.1) is 12.3 Å². The highest BCUT2D eigenvalue weighted by atomic mass is 16.5. The van der Waals surface area contributed by atoms with Crippen molar-refractivity contribution in [3.05, 3.63) is 35.4 Å². The average molecular weight is 249 g/mol. The predicted molar refractivity (Wildman–Crippen MR) is 73.4 cm³/mol. The van der Waals surface area contributed by atoms with Crippen molar-refractivity contribution in [2.45, 2.75) is 33.8 Å². The van der Waals surface area contributed by atoms with E-state index >= 15 is 0 Å². The second-order valence-corrected chi connectivity index (χ2v) is 5.54. The predicted octanol–water partition coefficient (Wildman–Crippen LogP) is 2.84. The molecule has 3 nitrogen and oxygen atoms in total. The molecule has 0 aromatic heterocycles. The summed E-state index contributed by atoms with van der Waals surface area (Å²) in [6.07, 6.45) is -0.0995. The molecule has 1 rings (SSSR count). The first kappa shape index (κ1) is 14.7. The normalized spacial score (nSPS) is 13.2. The summed E-state index contributed by atoms with van der Waals surface area (Å²) < 4.78 is 5.47. The Labute approximate surface area is 110 Å². The van der Waals surface area contributed by atoms with Crippen LogP contribution in [-0.4, -0.2) is 19.6 Å². The van der Waals surface area contributed by atoms with Gasteiger partial charge in [-0.2, -0.15) is 0 Å². The molecule has 1 aromatic rings. The van der Waals surface area contributed by atoms with Gasteiger partial charge in [-0.3, -0.25) is 4.79 Å². The Kier molecular flexibility index (Phi) is 4.91. The maximum atomic E-state index is 11.8. The van der Waals surface area contributed by atoms with E-state index in [2.05, 4.69) is 5.32 Å².